The van der Waals surface area contributed by atoms with Crippen molar-refractivity contribution in [1.29, 1.82) is 0 Å². The maximum atomic E-state index is 14.4. The summed E-state index contributed by atoms with van der Waals surface area (Å²) in [6.07, 6.45) is 2.98. The number of benzene rings is 2. The first-order chi connectivity index (χ1) is 13.6. The zero-order valence-corrected chi connectivity index (χ0v) is 16.0. The summed E-state index contributed by atoms with van der Waals surface area (Å²) in [5.41, 5.74) is 2.11. The van der Waals surface area contributed by atoms with Gasteiger partial charge >= 0.3 is 5.97 Å². The fourth-order valence-corrected chi connectivity index (χ4v) is 2.88. The highest BCUT2D eigenvalue weighted by Crippen LogP contribution is 2.32. The Morgan fingerprint density at radius 1 is 1.14 bits per heavy atom. The molecule has 1 fully saturated rings. The van der Waals surface area contributed by atoms with Gasteiger partial charge in [-0.3, -0.25) is 4.79 Å². The second-order valence-electron chi connectivity index (χ2n) is 6.93. The number of nitrogens with one attached hydrogen (secondary N) is 1. The molecule has 0 bridgehead atoms. The molecule has 2 aromatic carbocycles. The lowest BCUT2D eigenvalue weighted by Crippen LogP contribution is -2.08. The van der Waals surface area contributed by atoms with E-state index in [1.807, 2.05) is 24.3 Å². The number of ether oxygens (including phenoxy) is 2. The Morgan fingerprint density at radius 2 is 1.89 bits per heavy atom. The molecule has 1 aliphatic carbocycles. The van der Waals surface area contributed by atoms with E-state index in [0.29, 0.717) is 18.6 Å². The second-order valence-corrected chi connectivity index (χ2v) is 6.93. The zero-order chi connectivity index (χ0) is 19.9. The summed E-state index contributed by atoms with van der Waals surface area (Å²) in [4.78, 5) is 11.3. The maximum absolute atomic E-state index is 14.4. The maximum Gasteiger partial charge on any atom is 0.305 e. The fourth-order valence-electron chi connectivity index (χ4n) is 2.88. The van der Waals surface area contributed by atoms with Crippen molar-refractivity contribution in [3.05, 3.63) is 48.0 Å². The summed E-state index contributed by atoms with van der Waals surface area (Å²) < 4.78 is 38.8. The predicted molar refractivity (Wildman–Crippen MR) is 104 cm³/mol. The largest absolute Gasteiger partial charge is 0.488 e. The Hall–Kier alpha value is -2.63. The third-order valence-corrected chi connectivity index (χ3v) is 4.56. The lowest BCUT2D eigenvalue weighted by molar-refractivity contribution is -0.143. The van der Waals surface area contributed by atoms with Crippen LogP contribution in [0.1, 0.15) is 32.6 Å². The Labute approximate surface area is 163 Å². The highest BCUT2D eigenvalue weighted by molar-refractivity contribution is 5.69. The minimum Gasteiger partial charge on any atom is -0.488 e. The van der Waals surface area contributed by atoms with Crippen LogP contribution in [0.4, 0.5) is 14.5 Å². The molecule has 0 radical (unpaired) electrons. The zero-order valence-electron chi connectivity index (χ0n) is 16.0. The highest BCUT2D eigenvalue weighted by atomic mass is 19.1. The molecule has 6 heteroatoms. The van der Waals surface area contributed by atoms with Crippen molar-refractivity contribution >= 4 is 11.7 Å². The number of hydrogen-bond donors (Lipinski definition) is 1. The van der Waals surface area contributed by atoms with E-state index >= 15 is 0 Å². The van der Waals surface area contributed by atoms with E-state index in [4.69, 9.17) is 9.47 Å². The second kappa shape index (κ2) is 9.53. The molecule has 2 aromatic rings. The molecule has 1 saturated carbocycles. The normalized spacial score (nSPS) is 13.2. The van der Waals surface area contributed by atoms with Crippen molar-refractivity contribution in [3.8, 4) is 16.9 Å². The van der Waals surface area contributed by atoms with Gasteiger partial charge in [-0.05, 0) is 67.5 Å². The Balaban J connectivity index is 1.62. The number of hydrogen-bond acceptors (Lipinski definition) is 4. The van der Waals surface area contributed by atoms with Gasteiger partial charge in [0.15, 0.2) is 17.4 Å². The molecular formula is C22H25F2NO3. The van der Waals surface area contributed by atoms with E-state index in [2.05, 4.69) is 5.32 Å². The van der Waals surface area contributed by atoms with Crippen LogP contribution in [-0.4, -0.2) is 25.7 Å². The van der Waals surface area contributed by atoms with Crippen molar-refractivity contribution in [1.82, 2.24) is 0 Å². The van der Waals surface area contributed by atoms with Crippen LogP contribution >= 0.6 is 0 Å². The molecule has 0 saturated heterocycles. The minimum absolute atomic E-state index is 0.0343. The number of anilines is 1. The van der Waals surface area contributed by atoms with Gasteiger partial charge in [0.25, 0.3) is 0 Å². The monoisotopic (exact) mass is 389 g/mol. The lowest BCUT2D eigenvalue weighted by atomic mass is 10.0. The molecule has 0 atom stereocenters. The van der Waals surface area contributed by atoms with Crippen LogP contribution < -0.4 is 10.1 Å². The van der Waals surface area contributed by atoms with Crippen molar-refractivity contribution in [2.24, 2.45) is 5.92 Å². The van der Waals surface area contributed by atoms with Gasteiger partial charge in [-0.2, -0.15) is 0 Å². The quantitative estimate of drug-likeness (QED) is 0.450. The molecular weight excluding hydrogens is 364 g/mol. The van der Waals surface area contributed by atoms with Gasteiger partial charge < -0.3 is 14.8 Å². The molecule has 28 heavy (non-hydrogen) atoms. The number of esters is 1. The van der Waals surface area contributed by atoms with Crippen molar-refractivity contribution in [2.45, 2.75) is 32.6 Å². The average molecular weight is 389 g/mol. The first-order valence-electron chi connectivity index (χ1n) is 9.68. The van der Waals surface area contributed by atoms with Crippen LogP contribution in [0, 0.1) is 17.6 Å². The van der Waals surface area contributed by atoms with Crippen molar-refractivity contribution in [2.75, 3.05) is 25.1 Å². The van der Waals surface area contributed by atoms with Crippen LogP contribution in [0.15, 0.2) is 36.4 Å². The smallest absolute Gasteiger partial charge is 0.305 e. The molecule has 0 heterocycles. The lowest BCUT2D eigenvalue weighted by Gasteiger charge is -2.12. The molecule has 0 aliphatic heterocycles. The number of carbonyl (C=O) groups excluding carboxylic acids is 1. The summed E-state index contributed by atoms with van der Waals surface area (Å²) in [5.74, 6) is -1.56. The van der Waals surface area contributed by atoms with Crippen LogP contribution in [-0.2, 0) is 9.53 Å². The van der Waals surface area contributed by atoms with Crippen LogP contribution in [0.3, 0.4) is 0 Å². The molecule has 0 aromatic heterocycles. The summed E-state index contributed by atoms with van der Waals surface area (Å²) in [5, 5.41) is 3.36. The number of carbonyl (C=O) groups is 1. The van der Waals surface area contributed by atoms with E-state index < -0.39 is 17.4 Å². The molecule has 0 amide bonds. The molecule has 1 aliphatic rings. The first-order valence-corrected chi connectivity index (χ1v) is 9.68. The number of rotatable bonds is 10. The molecule has 0 spiro atoms. The molecule has 1 N–H and O–H groups in total. The van der Waals surface area contributed by atoms with Gasteiger partial charge in [0.1, 0.15) is 0 Å². The van der Waals surface area contributed by atoms with Gasteiger partial charge in [0.05, 0.1) is 13.2 Å². The third kappa shape index (κ3) is 5.68. The van der Waals surface area contributed by atoms with E-state index in [1.165, 1.54) is 25.0 Å². The van der Waals surface area contributed by atoms with E-state index in [9.17, 15) is 13.6 Å². The third-order valence-electron chi connectivity index (χ3n) is 4.56. The molecule has 0 unspecified atom stereocenters. The Morgan fingerprint density at radius 3 is 2.57 bits per heavy atom. The molecule has 3 rings (SSSR count). The van der Waals surface area contributed by atoms with Crippen LogP contribution in [0.25, 0.3) is 11.1 Å². The van der Waals surface area contributed by atoms with Crippen molar-refractivity contribution in [3.63, 3.8) is 0 Å². The minimum atomic E-state index is -0.762. The summed E-state index contributed by atoms with van der Waals surface area (Å²) in [6, 6.07) is 10.0. The SMILES string of the molecule is CCOC(=O)CCCOc1c(F)cc(-c2cccc(NCC3CC3)c2)cc1F. The topological polar surface area (TPSA) is 47.6 Å². The van der Waals surface area contributed by atoms with Gasteiger partial charge in [-0.15, -0.1) is 0 Å². The highest BCUT2D eigenvalue weighted by Gasteiger charge is 2.20. The Kier molecular flexibility index (Phi) is 6.85. The van der Waals surface area contributed by atoms with E-state index in [-0.39, 0.29) is 19.0 Å². The van der Waals surface area contributed by atoms with E-state index in [1.54, 1.807) is 6.92 Å². The number of halogens is 2. The van der Waals surface area contributed by atoms with E-state index in [0.717, 1.165) is 23.7 Å². The summed E-state index contributed by atoms with van der Waals surface area (Å²) in [6.45, 7) is 2.98. The van der Waals surface area contributed by atoms with Gasteiger partial charge in [-0.1, -0.05) is 12.1 Å². The molecule has 150 valence electrons. The summed E-state index contributed by atoms with van der Waals surface area (Å²) in [7, 11) is 0. The van der Waals surface area contributed by atoms with Crippen LogP contribution in [0.2, 0.25) is 0 Å². The summed E-state index contributed by atoms with van der Waals surface area (Å²) >= 11 is 0. The van der Waals surface area contributed by atoms with Gasteiger partial charge in [0, 0.05) is 18.7 Å². The molecule has 4 nitrogen and oxygen atoms in total. The predicted octanol–water partition coefficient (Wildman–Crippen LogP) is 5.18. The van der Waals surface area contributed by atoms with Crippen LogP contribution in [0.5, 0.6) is 5.75 Å². The van der Waals surface area contributed by atoms with Crippen molar-refractivity contribution < 1.29 is 23.0 Å². The van der Waals surface area contributed by atoms with Gasteiger partial charge in [0.2, 0.25) is 0 Å². The standard InChI is InChI=1S/C22H25F2NO3/c1-2-27-21(26)7-4-10-28-22-19(23)12-17(13-20(22)24)16-5-3-6-18(11-16)25-14-15-8-9-15/h3,5-6,11-13,15,25H,2,4,7-10,14H2,1H3. The van der Waals surface area contributed by atoms with Gasteiger partial charge in [-0.25, -0.2) is 8.78 Å². The Bertz CT molecular complexity index is 798. The first kappa shape index (κ1) is 20.1. The fraction of sp³-hybridized carbons (Fsp3) is 0.409. The average Bonchev–Trinajstić information content (AvgIpc) is 3.50.